The standard InChI is InChI=1S/C20H18N2O3/c1-3-20(23)22-12-17(13-22)25-16-9-14(11-21)8-15(10-16)18-6-4-5-7-19(18)24-2/h3-10,17H,1,12-13H2,2H3. The molecule has 0 atom stereocenters. The van der Waals surface area contributed by atoms with Gasteiger partial charge in [0, 0.05) is 5.56 Å². The van der Waals surface area contributed by atoms with E-state index in [-0.39, 0.29) is 12.0 Å². The number of hydrogen-bond donors (Lipinski definition) is 0. The number of carbonyl (C=O) groups is 1. The first-order chi connectivity index (χ1) is 12.1. The highest BCUT2D eigenvalue weighted by Gasteiger charge is 2.31. The van der Waals surface area contributed by atoms with Crippen molar-refractivity contribution >= 4 is 5.91 Å². The van der Waals surface area contributed by atoms with Gasteiger partial charge in [-0.15, -0.1) is 0 Å². The summed E-state index contributed by atoms with van der Waals surface area (Å²) < 4.78 is 11.3. The van der Waals surface area contributed by atoms with E-state index in [1.807, 2.05) is 30.3 Å². The van der Waals surface area contributed by atoms with Crippen molar-refractivity contribution in [2.45, 2.75) is 6.10 Å². The van der Waals surface area contributed by atoms with E-state index in [0.717, 1.165) is 16.9 Å². The Bertz CT molecular complexity index is 848. The Balaban J connectivity index is 1.83. The number of nitriles is 1. The molecular formula is C20H18N2O3. The summed E-state index contributed by atoms with van der Waals surface area (Å²) in [6.45, 7) is 4.52. The van der Waals surface area contributed by atoms with Gasteiger partial charge in [0.15, 0.2) is 0 Å². The molecule has 1 fully saturated rings. The summed E-state index contributed by atoms with van der Waals surface area (Å²) >= 11 is 0. The van der Waals surface area contributed by atoms with Crippen LogP contribution in [0.15, 0.2) is 55.1 Å². The van der Waals surface area contributed by atoms with Crippen molar-refractivity contribution in [2.75, 3.05) is 20.2 Å². The Morgan fingerprint density at radius 2 is 2.08 bits per heavy atom. The van der Waals surface area contributed by atoms with E-state index in [2.05, 4.69) is 12.6 Å². The van der Waals surface area contributed by atoms with E-state index in [9.17, 15) is 10.1 Å². The minimum atomic E-state index is -0.0969. The van der Waals surface area contributed by atoms with Gasteiger partial charge in [0.05, 0.1) is 31.8 Å². The van der Waals surface area contributed by atoms with Crippen LogP contribution in [0.1, 0.15) is 5.56 Å². The molecule has 0 N–H and O–H groups in total. The lowest BCUT2D eigenvalue weighted by atomic mass is 10.0. The van der Waals surface area contributed by atoms with Crippen molar-refractivity contribution < 1.29 is 14.3 Å². The van der Waals surface area contributed by atoms with Crippen molar-refractivity contribution in [1.29, 1.82) is 5.26 Å². The molecule has 1 aliphatic heterocycles. The zero-order valence-corrected chi connectivity index (χ0v) is 13.9. The fourth-order valence-electron chi connectivity index (χ4n) is 2.78. The highest BCUT2D eigenvalue weighted by atomic mass is 16.5. The van der Waals surface area contributed by atoms with Crippen LogP contribution >= 0.6 is 0 Å². The fraction of sp³-hybridized carbons (Fsp3) is 0.200. The van der Waals surface area contributed by atoms with E-state index >= 15 is 0 Å². The number of methoxy groups -OCH3 is 1. The second-order valence-corrected chi connectivity index (χ2v) is 5.75. The molecule has 0 aromatic heterocycles. The Morgan fingerprint density at radius 1 is 1.32 bits per heavy atom. The third kappa shape index (κ3) is 3.48. The molecular weight excluding hydrogens is 316 g/mol. The van der Waals surface area contributed by atoms with Crippen LogP contribution in [0.5, 0.6) is 11.5 Å². The average molecular weight is 334 g/mol. The molecule has 1 heterocycles. The van der Waals surface area contributed by atoms with Gasteiger partial charge in [0.25, 0.3) is 0 Å². The summed E-state index contributed by atoms with van der Waals surface area (Å²) in [7, 11) is 1.62. The number of nitrogens with zero attached hydrogens (tertiary/aromatic N) is 2. The first-order valence-corrected chi connectivity index (χ1v) is 7.91. The van der Waals surface area contributed by atoms with E-state index in [1.54, 1.807) is 24.1 Å². The van der Waals surface area contributed by atoms with Crippen LogP contribution in [0.2, 0.25) is 0 Å². The monoisotopic (exact) mass is 334 g/mol. The highest BCUT2D eigenvalue weighted by Crippen LogP contribution is 2.33. The molecule has 0 spiro atoms. The molecule has 0 aliphatic carbocycles. The Labute approximate surface area is 146 Å². The zero-order valence-electron chi connectivity index (χ0n) is 13.9. The number of ether oxygens (including phenoxy) is 2. The number of likely N-dealkylation sites (tertiary alicyclic amines) is 1. The first kappa shape index (κ1) is 16.6. The van der Waals surface area contributed by atoms with Crippen molar-refractivity contribution in [3.63, 3.8) is 0 Å². The van der Waals surface area contributed by atoms with E-state index < -0.39 is 0 Å². The minimum Gasteiger partial charge on any atom is -0.496 e. The summed E-state index contributed by atoms with van der Waals surface area (Å²) in [4.78, 5) is 13.2. The smallest absolute Gasteiger partial charge is 0.246 e. The lowest BCUT2D eigenvalue weighted by Crippen LogP contribution is -2.55. The lowest BCUT2D eigenvalue weighted by molar-refractivity contribution is -0.134. The Kier molecular flexibility index (Phi) is 4.71. The molecule has 1 amide bonds. The van der Waals surface area contributed by atoms with E-state index in [0.29, 0.717) is 24.4 Å². The summed E-state index contributed by atoms with van der Waals surface area (Å²) in [6, 6.07) is 15.2. The number of para-hydroxylation sites is 1. The third-order valence-corrected chi connectivity index (χ3v) is 4.09. The quantitative estimate of drug-likeness (QED) is 0.789. The maximum absolute atomic E-state index is 11.5. The highest BCUT2D eigenvalue weighted by molar-refractivity contribution is 5.87. The average Bonchev–Trinajstić information content (AvgIpc) is 2.63. The van der Waals surface area contributed by atoms with Gasteiger partial charge in [0.2, 0.25) is 5.91 Å². The van der Waals surface area contributed by atoms with Crippen LogP contribution < -0.4 is 9.47 Å². The maximum Gasteiger partial charge on any atom is 0.246 e. The van der Waals surface area contributed by atoms with Crippen molar-refractivity contribution in [3.05, 3.63) is 60.7 Å². The van der Waals surface area contributed by atoms with Gasteiger partial charge in [-0.05, 0) is 35.9 Å². The van der Waals surface area contributed by atoms with Crippen LogP contribution in [0.25, 0.3) is 11.1 Å². The van der Waals surface area contributed by atoms with Gasteiger partial charge in [-0.1, -0.05) is 24.8 Å². The molecule has 25 heavy (non-hydrogen) atoms. The second kappa shape index (κ2) is 7.10. The molecule has 126 valence electrons. The number of carbonyl (C=O) groups excluding carboxylic acids is 1. The maximum atomic E-state index is 11.5. The van der Waals surface area contributed by atoms with Crippen molar-refractivity contribution in [3.8, 4) is 28.7 Å². The number of rotatable bonds is 5. The van der Waals surface area contributed by atoms with E-state index in [4.69, 9.17) is 9.47 Å². The summed E-state index contributed by atoms with van der Waals surface area (Å²) in [5, 5.41) is 9.31. The molecule has 1 aliphatic rings. The minimum absolute atomic E-state index is 0.0802. The van der Waals surface area contributed by atoms with Gasteiger partial charge in [-0.3, -0.25) is 4.79 Å². The molecule has 1 saturated heterocycles. The molecule has 3 rings (SSSR count). The van der Waals surface area contributed by atoms with Crippen LogP contribution in [0.4, 0.5) is 0 Å². The second-order valence-electron chi connectivity index (χ2n) is 5.75. The molecule has 5 heteroatoms. The van der Waals surface area contributed by atoms with Crippen LogP contribution in [0, 0.1) is 11.3 Å². The Morgan fingerprint density at radius 3 is 2.76 bits per heavy atom. The molecule has 5 nitrogen and oxygen atoms in total. The lowest BCUT2D eigenvalue weighted by Gasteiger charge is -2.38. The normalized spacial score (nSPS) is 13.5. The van der Waals surface area contributed by atoms with Gasteiger partial charge in [-0.25, -0.2) is 0 Å². The molecule has 0 radical (unpaired) electrons. The van der Waals surface area contributed by atoms with Gasteiger partial charge in [0.1, 0.15) is 17.6 Å². The molecule has 0 unspecified atom stereocenters. The van der Waals surface area contributed by atoms with Crippen LogP contribution in [0.3, 0.4) is 0 Å². The van der Waals surface area contributed by atoms with E-state index in [1.165, 1.54) is 6.08 Å². The Hall–Kier alpha value is -3.26. The molecule has 2 aromatic rings. The zero-order chi connectivity index (χ0) is 17.8. The number of amides is 1. The SMILES string of the molecule is C=CC(=O)N1CC(Oc2cc(C#N)cc(-c3ccccc3OC)c2)C1. The van der Waals surface area contributed by atoms with Gasteiger partial charge < -0.3 is 14.4 Å². The molecule has 2 aromatic carbocycles. The van der Waals surface area contributed by atoms with Gasteiger partial charge in [-0.2, -0.15) is 5.26 Å². The van der Waals surface area contributed by atoms with Crippen LogP contribution in [-0.2, 0) is 4.79 Å². The summed E-state index contributed by atoms with van der Waals surface area (Å²) in [5.41, 5.74) is 2.26. The number of benzene rings is 2. The largest absolute Gasteiger partial charge is 0.496 e. The topological polar surface area (TPSA) is 62.6 Å². The third-order valence-electron chi connectivity index (χ3n) is 4.09. The molecule has 0 bridgehead atoms. The van der Waals surface area contributed by atoms with Gasteiger partial charge >= 0.3 is 0 Å². The fourth-order valence-corrected chi connectivity index (χ4v) is 2.78. The predicted molar refractivity (Wildman–Crippen MR) is 94.3 cm³/mol. The van der Waals surface area contributed by atoms with Crippen molar-refractivity contribution in [1.82, 2.24) is 4.90 Å². The number of hydrogen-bond acceptors (Lipinski definition) is 4. The molecule has 0 saturated carbocycles. The predicted octanol–water partition coefficient (Wildman–Crippen LogP) is 3.01. The summed E-state index contributed by atoms with van der Waals surface area (Å²) in [5.74, 6) is 1.24. The first-order valence-electron chi connectivity index (χ1n) is 7.91. The summed E-state index contributed by atoms with van der Waals surface area (Å²) in [6.07, 6.45) is 1.22. The van der Waals surface area contributed by atoms with Crippen molar-refractivity contribution in [2.24, 2.45) is 0 Å². The van der Waals surface area contributed by atoms with Crippen LogP contribution in [-0.4, -0.2) is 37.1 Å².